The lowest BCUT2D eigenvalue weighted by atomic mass is 10.2. The van der Waals surface area contributed by atoms with Crippen LogP contribution in [-0.4, -0.2) is 9.97 Å². The van der Waals surface area contributed by atoms with Gasteiger partial charge >= 0.3 is 0 Å². The van der Waals surface area contributed by atoms with Crippen molar-refractivity contribution in [3.05, 3.63) is 42.1 Å². The number of hydrogen-bond donors (Lipinski definition) is 1. The third-order valence-electron chi connectivity index (χ3n) is 2.47. The Hall–Kier alpha value is -2.34. The number of nitrogens with one attached hydrogen (secondary N) is 1. The van der Waals surface area contributed by atoms with E-state index in [4.69, 9.17) is 5.26 Å². The number of aromatic amines is 1. The van der Waals surface area contributed by atoms with Gasteiger partial charge in [0.1, 0.15) is 6.07 Å². The summed E-state index contributed by atoms with van der Waals surface area (Å²) in [4.78, 5) is 7.53. The third kappa shape index (κ3) is 1.09. The zero-order valence-corrected chi connectivity index (χ0v) is 7.86. The molecule has 0 spiro atoms. The largest absolute Gasteiger partial charge is 0.353 e. The van der Waals surface area contributed by atoms with Crippen LogP contribution in [0, 0.1) is 11.3 Å². The predicted octanol–water partition coefficient (Wildman–Crippen LogP) is 2.59. The summed E-state index contributed by atoms with van der Waals surface area (Å²) in [5.74, 6) is 0. The van der Waals surface area contributed by atoms with Gasteiger partial charge in [-0.1, -0.05) is 18.2 Å². The number of fused-ring (bicyclic) bond motifs is 3. The minimum atomic E-state index is 0.578. The molecule has 0 unspecified atom stereocenters. The Bertz CT molecular complexity index is 689. The van der Waals surface area contributed by atoms with Crippen LogP contribution in [0.2, 0.25) is 0 Å². The van der Waals surface area contributed by atoms with Crippen molar-refractivity contribution >= 4 is 21.9 Å². The molecule has 3 heteroatoms. The van der Waals surface area contributed by atoms with Gasteiger partial charge in [-0.2, -0.15) is 5.26 Å². The first kappa shape index (κ1) is 8.01. The quantitative estimate of drug-likeness (QED) is 0.596. The van der Waals surface area contributed by atoms with Crippen LogP contribution in [0.1, 0.15) is 5.56 Å². The van der Waals surface area contributed by atoms with Crippen LogP contribution in [0.4, 0.5) is 0 Å². The average Bonchev–Trinajstić information content (AvgIpc) is 2.66. The standard InChI is InChI=1S/C12H7N3/c13-6-8-5-11-12(14-7-8)9-3-1-2-4-10(9)15-11/h1-5,7,15H. The van der Waals surface area contributed by atoms with Crippen LogP contribution in [-0.2, 0) is 0 Å². The molecule has 1 aromatic carbocycles. The van der Waals surface area contributed by atoms with Crippen LogP contribution in [0.15, 0.2) is 36.5 Å². The number of nitrogens with zero attached hydrogens (tertiary/aromatic N) is 2. The van der Waals surface area contributed by atoms with Gasteiger partial charge in [0.2, 0.25) is 0 Å². The summed E-state index contributed by atoms with van der Waals surface area (Å²) in [6.07, 6.45) is 1.60. The molecule has 0 amide bonds. The topological polar surface area (TPSA) is 52.5 Å². The highest BCUT2D eigenvalue weighted by Crippen LogP contribution is 2.23. The summed E-state index contributed by atoms with van der Waals surface area (Å²) in [5.41, 5.74) is 3.46. The molecular formula is C12H7N3. The van der Waals surface area contributed by atoms with Crippen molar-refractivity contribution in [2.75, 3.05) is 0 Å². The van der Waals surface area contributed by atoms with E-state index in [2.05, 4.69) is 16.0 Å². The lowest BCUT2D eigenvalue weighted by Crippen LogP contribution is -1.78. The molecule has 3 nitrogen and oxygen atoms in total. The summed E-state index contributed by atoms with van der Waals surface area (Å²) < 4.78 is 0. The number of pyridine rings is 1. The Kier molecular flexibility index (Phi) is 1.51. The van der Waals surface area contributed by atoms with E-state index in [1.54, 1.807) is 6.20 Å². The Morgan fingerprint density at radius 3 is 2.93 bits per heavy atom. The molecule has 0 radical (unpaired) electrons. The normalized spacial score (nSPS) is 10.6. The van der Waals surface area contributed by atoms with Gasteiger partial charge in [0, 0.05) is 17.1 Å². The summed E-state index contributed by atoms with van der Waals surface area (Å²) in [6.45, 7) is 0. The summed E-state index contributed by atoms with van der Waals surface area (Å²) >= 11 is 0. The molecule has 0 aliphatic heterocycles. The smallest absolute Gasteiger partial charge is 0.101 e. The maximum atomic E-state index is 8.77. The molecule has 0 aliphatic carbocycles. The number of rotatable bonds is 0. The van der Waals surface area contributed by atoms with Gasteiger partial charge in [-0.3, -0.25) is 4.98 Å². The molecule has 15 heavy (non-hydrogen) atoms. The monoisotopic (exact) mass is 193 g/mol. The maximum Gasteiger partial charge on any atom is 0.101 e. The van der Waals surface area contributed by atoms with E-state index < -0.39 is 0 Å². The molecule has 0 saturated heterocycles. The van der Waals surface area contributed by atoms with Crippen molar-refractivity contribution in [1.29, 1.82) is 5.26 Å². The van der Waals surface area contributed by atoms with Crippen LogP contribution in [0.3, 0.4) is 0 Å². The van der Waals surface area contributed by atoms with Crippen LogP contribution >= 0.6 is 0 Å². The molecule has 70 valence electrons. The van der Waals surface area contributed by atoms with Gasteiger partial charge in [0.05, 0.1) is 16.6 Å². The molecular weight excluding hydrogens is 186 g/mol. The van der Waals surface area contributed by atoms with E-state index in [1.165, 1.54) is 0 Å². The number of nitriles is 1. The molecule has 0 atom stereocenters. The Morgan fingerprint density at radius 1 is 1.20 bits per heavy atom. The third-order valence-corrected chi connectivity index (χ3v) is 2.47. The molecule has 2 aromatic heterocycles. The van der Waals surface area contributed by atoms with E-state index in [0.717, 1.165) is 21.9 Å². The molecule has 0 bridgehead atoms. The van der Waals surface area contributed by atoms with E-state index in [0.29, 0.717) is 5.56 Å². The lowest BCUT2D eigenvalue weighted by molar-refractivity contribution is 1.37. The summed E-state index contributed by atoms with van der Waals surface area (Å²) in [6, 6.07) is 11.9. The van der Waals surface area contributed by atoms with Crippen LogP contribution in [0.25, 0.3) is 21.9 Å². The SMILES string of the molecule is N#Cc1cnc2c(c1)[nH]c1ccccc12. The van der Waals surface area contributed by atoms with E-state index in [1.807, 2.05) is 30.3 Å². The fourth-order valence-corrected chi connectivity index (χ4v) is 1.78. The highest BCUT2D eigenvalue weighted by molar-refractivity contribution is 6.04. The van der Waals surface area contributed by atoms with Crippen molar-refractivity contribution in [3.8, 4) is 6.07 Å². The van der Waals surface area contributed by atoms with Gasteiger partial charge in [-0.15, -0.1) is 0 Å². The van der Waals surface area contributed by atoms with Gasteiger partial charge in [0.25, 0.3) is 0 Å². The second-order valence-electron chi connectivity index (χ2n) is 3.40. The fraction of sp³-hybridized carbons (Fsp3) is 0. The van der Waals surface area contributed by atoms with Crippen LogP contribution in [0.5, 0.6) is 0 Å². The van der Waals surface area contributed by atoms with E-state index in [-0.39, 0.29) is 0 Å². The van der Waals surface area contributed by atoms with Crippen molar-refractivity contribution in [3.63, 3.8) is 0 Å². The molecule has 3 aromatic rings. The number of para-hydroxylation sites is 1. The number of aromatic nitrogens is 2. The molecule has 2 heterocycles. The molecule has 3 rings (SSSR count). The second-order valence-corrected chi connectivity index (χ2v) is 3.40. The molecule has 0 aliphatic rings. The summed E-state index contributed by atoms with van der Waals surface area (Å²) in [5, 5.41) is 9.86. The zero-order valence-electron chi connectivity index (χ0n) is 7.86. The minimum absolute atomic E-state index is 0.578. The van der Waals surface area contributed by atoms with Crippen molar-refractivity contribution in [2.45, 2.75) is 0 Å². The first-order valence-electron chi connectivity index (χ1n) is 4.65. The van der Waals surface area contributed by atoms with Gasteiger partial charge < -0.3 is 4.98 Å². The lowest BCUT2D eigenvalue weighted by Gasteiger charge is -1.89. The summed E-state index contributed by atoms with van der Waals surface area (Å²) in [7, 11) is 0. The van der Waals surface area contributed by atoms with E-state index >= 15 is 0 Å². The molecule has 0 fully saturated rings. The van der Waals surface area contributed by atoms with E-state index in [9.17, 15) is 0 Å². The average molecular weight is 193 g/mol. The zero-order chi connectivity index (χ0) is 10.3. The number of benzene rings is 1. The number of hydrogen-bond acceptors (Lipinski definition) is 2. The van der Waals surface area contributed by atoms with Gasteiger partial charge in [-0.25, -0.2) is 0 Å². The number of H-pyrrole nitrogens is 1. The van der Waals surface area contributed by atoms with Crippen molar-refractivity contribution < 1.29 is 0 Å². The van der Waals surface area contributed by atoms with Gasteiger partial charge in [-0.05, 0) is 12.1 Å². The minimum Gasteiger partial charge on any atom is -0.353 e. The van der Waals surface area contributed by atoms with Crippen molar-refractivity contribution in [2.24, 2.45) is 0 Å². The Balaban J connectivity index is 2.50. The molecule has 0 saturated carbocycles. The Morgan fingerprint density at radius 2 is 2.07 bits per heavy atom. The first-order valence-corrected chi connectivity index (χ1v) is 4.65. The highest BCUT2D eigenvalue weighted by Gasteiger charge is 2.04. The Labute approximate surface area is 86.0 Å². The highest BCUT2D eigenvalue weighted by atomic mass is 14.8. The maximum absolute atomic E-state index is 8.77. The van der Waals surface area contributed by atoms with Crippen LogP contribution < -0.4 is 0 Å². The van der Waals surface area contributed by atoms with Gasteiger partial charge in [0.15, 0.2) is 0 Å². The first-order chi connectivity index (χ1) is 7.38. The second kappa shape index (κ2) is 2.82. The molecule has 1 N–H and O–H groups in total. The predicted molar refractivity (Wildman–Crippen MR) is 58.3 cm³/mol. The fourth-order valence-electron chi connectivity index (χ4n) is 1.78. The van der Waals surface area contributed by atoms with Crippen molar-refractivity contribution in [1.82, 2.24) is 9.97 Å².